The highest BCUT2D eigenvalue weighted by atomic mass is 16.5. The highest BCUT2D eigenvalue weighted by Gasteiger charge is 2.27. The van der Waals surface area contributed by atoms with Gasteiger partial charge in [0.25, 0.3) is 0 Å². The van der Waals surface area contributed by atoms with Gasteiger partial charge in [0.2, 0.25) is 0 Å². The molecule has 8 heteroatoms. The molecule has 2 aromatic heterocycles. The standard InChI is InChI=1S/C39H37N3O5/c1-41-34-26-45-22-8-7-21-42-37-30(17-10-18-32(37)36(34)33(40-41)25-46-24-27-12-3-2-4-13-27)31(38(42)39(43)44)19-11-23-47-35-20-9-15-28-14-5-6-16-29(28)35/h2-10,12-18,20H,11,19,21-26H2,1H3,(H,43,44)/b8-7-. The Bertz CT molecular complexity index is 2070. The van der Waals surface area contributed by atoms with Crippen LogP contribution in [0.25, 0.3) is 32.8 Å². The van der Waals surface area contributed by atoms with Gasteiger partial charge < -0.3 is 23.9 Å². The zero-order valence-corrected chi connectivity index (χ0v) is 26.4. The molecular weight excluding hydrogens is 590 g/mol. The molecule has 1 aliphatic rings. The number of para-hydroxylation sites is 1. The van der Waals surface area contributed by atoms with Crippen LogP contribution in [0.5, 0.6) is 5.75 Å². The maximum absolute atomic E-state index is 13.0. The average Bonchev–Trinajstić information content (AvgIpc) is 3.57. The van der Waals surface area contributed by atoms with Gasteiger partial charge in [0, 0.05) is 35.5 Å². The summed E-state index contributed by atoms with van der Waals surface area (Å²) in [7, 11) is 1.92. The molecule has 1 aliphatic heterocycles. The number of fused-ring (bicyclic) bond motifs is 3. The first-order valence-corrected chi connectivity index (χ1v) is 16.0. The van der Waals surface area contributed by atoms with Gasteiger partial charge in [-0.2, -0.15) is 5.10 Å². The van der Waals surface area contributed by atoms with Crippen molar-refractivity contribution in [3.63, 3.8) is 0 Å². The lowest BCUT2D eigenvalue weighted by molar-refractivity contribution is 0.0685. The number of ether oxygens (including phenoxy) is 3. The number of hydrogen-bond acceptors (Lipinski definition) is 5. The minimum absolute atomic E-state index is 0.301. The summed E-state index contributed by atoms with van der Waals surface area (Å²) in [4.78, 5) is 13.0. The summed E-state index contributed by atoms with van der Waals surface area (Å²) in [6.45, 7) is 2.40. The molecule has 7 rings (SSSR count). The third-order valence-electron chi connectivity index (χ3n) is 8.73. The van der Waals surface area contributed by atoms with Crippen LogP contribution in [0.4, 0.5) is 0 Å². The molecule has 0 spiro atoms. The van der Waals surface area contributed by atoms with Gasteiger partial charge >= 0.3 is 5.97 Å². The smallest absolute Gasteiger partial charge is 0.352 e. The lowest BCUT2D eigenvalue weighted by Crippen LogP contribution is -2.11. The van der Waals surface area contributed by atoms with E-state index in [1.807, 2.05) is 95.2 Å². The number of carboxylic acids is 1. The van der Waals surface area contributed by atoms with Crippen LogP contribution in [0.1, 0.15) is 39.4 Å². The van der Waals surface area contributed by atoms with E-state index in [9.17, 15) is 9.90 Å². The van der Waals surface area contributed by atoms with Crippen molar-refractivity contribution in [2.24, 2.45) is 7.05 Å². The molecule has 0 amide bonds. The lowest BCUT2D eigenvalue weighted by atomic mass is 9.98. The average molecular weight is 628 g/mol. The van der Waals surface area contributed by atoms with Gasteiger partial charge in [0.05, 0.1) is 49.9 Å². The van der Waals surface area contributed by atoms with Gasteiger partial charge in [-0.3, -0.25) is 4.68 Å². The topological polar surface area (TPSA) is 87.7 Å². The van der Waals surface area contributed by atoms with Crippen LogP contribution in [0.2, 0.25) is 0 Å². The maximum Gasteiger partial charge on any atom is 0.352 e. The number of benzene rings is 4. The van der Waals surface area contributed by atoms with Gasteiger partial charge in [-0.25, -0.2) is 4.79 Å². The summed E-state index contributed by atoms with van der Waals surface area (Å²) < 4.78 is 22.2. The highest BCUT2D eigenvalue weighted by Crippen LogP contribution is 2.39. The van der Waals surface area contributed by atoms with Crippen LogP contribution in [-0.4, -0.2) is 38.6 Å². The predicted molar refractivity (Wildman–Crippen MR) is 183 cm³/mol. The number of hydrogen-bond donors (Lipinski definition) is 1. The summed E-state index contributed by atoms with van der Waals surface area (Å²) in [5, 5.41) is 18.6. The Balaban J connectivity index is 1.26. The number of rotatable bonds is 10. The Morgan fingerprint density at radius 2 is 1.70 bits per heavy atom. The van der Waals surface area contributed by atoms with Gasteiger partial charge in [-0.05, 0) is 35.4 Å². The number of nitrogens with zero attached hydrogens (tertiary/aromatic N) is 3. The van der Waals surface area contributed by atoms with Crippen LogP contribution in [0, 0.1) is 0 Å². The second-order valence-corrected chi connectivity index (χ2v) is 11.7. The van der Waals surface area contributed by atoms with Crippen LogP contribution < -0.4 is 4.74 Å². The van der Waals surface area contributed by atoms with Crippen molar-refractivity contribution in [1.82, 2.24) is 14.3 Å². The zero-order chi connectivity index (χ0) is 32.2. The number of carbonyl (C=O) groups is 1. The van der Waals surface area contributed by atoms with Crippen molar-refractivity contribution >= 4 is 27.6 Å². The van der Waals surface area contributed by atoms with Crippen LogP contribution in [0.3, 0.4) is 0 Å². The lowest BCUT2D eigenvalue weighted by Gasteiger charge is -2.12. The van der Waals surface area contributed by atoms with Crippen LogP contribution in [0.15, 0.2) is 103 Å². The Labute approximate surface area is 273 Å². The molecule has 0 unspecified atom stereocenters. The highest BCUT2D eigenvalue weighted by molar-refractivity contribution is 6.04. The van der Waals surface area contributed by atoms with Crippen molar-refractivity contribution in [3.8, 4) is 16.9 Å². The van der Waals surface area contributed by atoms with E-state index in [0.29, 0.717) is 58.1 Å². The second kappa shape index (κ2) is 13.7. The van der Waals surface area contributed by atoms with Crippen molar-refractivity contribution in [2.75, 3.05) is 13.2 Å². The van der Waals surface area contributed by atoms with Crippen LogP contribution >= 0.6 is 0 Å². The molecule has 3 heterocycles. The van der Waals surface area contributed by atoms with Crippen molar-refractivity contribution < 1.29 is 24.1 Å². The predicted octanol–water partition coefficient (Wildman–Crippen LogP) is 7.71. The summed E-state index contributed by atoms with van der Waals surface area (Å²) in [6.07, 6.45) is 5.14. The number of aromatic nitrogens is 3. The van der Waals surface area contributed by atoms with Crippen LogP contribution in [-0.2, 0) is 49.3 Å². The van der Waals surface area contributed by atoms with Gasteiger partial charge in [-0.1, -0.05) is 97.1 Å². The fourth-order valence-corrected chi connectivity index (χ4v) is 6.62. The quantitative estimate of drug-likeness (QED) is 0.124. The van der Waals surface area contributed by atoms with E-state index >= 15 is 0 Å². The third-order valence-corrected chi connectivity index (χ3v) is 8.73. The number of allylic oxidation sites excluding steroid dienone is 1. The van der Waals surface area contributed by atoms with E-state index in [1.54, 1.807) is 0 Å². The minimum atomic E-state index is -0.950. The SMILES string of the molecule is Cn1nc(COCc2ccccc2)c2c1COC/C=C\Cn1c(C(=O)O)c(CCCOc3cccc4ccccc34)c3cccc-2c31. The first kappa shape index (κ1) is 30.5. The molecule has 8 nitrogen and oxygen atoms in total. The fraction of sp³-hybridized carbons (Fsp3) is 0.231. The molecule has 1 N–H and O–H groups in total. The normalized spacial score (nSPS) is 13.7. The summed E-state index contributed by atoms with van der Waals surface area (Å²) in [6, 6.07) is 30.4. The molecule has 6 aromatic rings. The Hall–Kier alpha value is -5.18. The van der Waals surface area contributed by atoms with E-state index in [4.69, 9.17) is 19.3 Å². The molecule has 0 radical (unpaired) electrons. The first-order valence-electron chi connectivity index (χ1n) is 16.0. The second-order valence-electron chi connectivity index (χ2n) is 11.7. The van der Waals surface area contributed by atoms with Gasteiger partial charge in [-0.15, -0.1) is 0 Å². The van der Waals surface area contributed by atoms with Crippen molar-refractivity contribution in [1.29, 1.82) is 0 Å². The van der Waals surface area contributed by atoms with Gasteiger partial charge in [0.1, 0.15) is 11.4 Å². The minimum Gasteiger partial charge on any atom is -0.493 e. The Morgan fingerprint density at radius 3 is 2.57 bits per heavy atom. The molecule has 0 fully saturated rings. The molecule has 0 saturated heterocycles. The molecule has 238 valence electrons. The van der Waals surface area contributed by atoms with Gasteiger partial charge in [0.15, 0.2) is 0 Å². The van der Waals surface area contributed by atoms with Crippen molar-refractivity contribution in [2.45, 2.75) is 39.2 Å². The van der Waals surface area contributed by atoms with Crippen molar-refractivity contribution in [3.05, 3.63) is 131 Å². The molecule has 4 aromatic carbocycles. The molecule has 0 atom stereocenters. The molecule has 0 saturated carbocycles. The monoisotopic (exact) mass is 627 g/mol. The molecule has 0 bridgehead atoms. The number of aromatic carboxylic acids is 1. The van der Waals surface area contributed by atoms with E-state index in [1.165, 1.54) is 0 Å². The van der Waals surface area contributed by atoms with E-state index in [0.717, 1.165) is 61.1 Å². The molecule has 47 heavy (non-hydrogen) atoms. The zero-order valence-electron chi connectivity index (χ0n) is 26.4. The summed E-state index contributed by atoms with van der Waals surface area (Å²) >= 11 is 0. The van der Waals surface area contributed by atoms with E-state index in [2.05, 4.69) is 24.3 Å². The number of aryl methyl sites for hydroxylation is 2. The fourth-order valence-electron chi connectivity index (χ4n) is 6.62. The first-order chi connectivity index (χ1) is 23.1. The third kappa shape index (κ3) is 6.17. The maximum atomic E-state index is 13.0. The Kier molecular flexibility index (Phi) is 8.86. The number of carboxylic acid groups (broad SMARTS) is 1. The molecule has 0 aliphatic carbocycles. The van der Waals surface area contributed by atoms with E-state index in [-0.39, 0.29) is 0 Å². The Morgan fingerprint density at radius 1 is 0.915 bits per heavy atom. The largest absolute Gasteiger partial charge is 0.493 e. The van der Waals surface area contributed by atoms with E-state index < -0.39 is 5.97 Å². The molecular formula is C39H37N3O5. The summed E-state index contributed by atoms with van der Waals surface area (Å²) in [5.41, 5.74) is 6.62. The summed E-state index contributed by atoms with van der Waals surface area (Å²) in [5.74, 6) is -0.117.